The normalized spacial score (nSPS) is 17.6. The van der Waals surface area contributed by atoms with Gasteiger partial charge in [0, 0.05) is 44.8 Å². The van der Waals surface area contributed by atoms with Crippen molar-refractivity contribution in [1.29, 1.82) is 0 Å². The first-order valence-corrected chi connectivity index (χ1v) is 9.41. The number of likely N-dealkylation sites (N-methyl/N-ethyl adjacent to an activating group) is 1. The van der Waals surface area contributed by atoms with E-state index in [1.54, 1.807) is 0 Å². The lowest BCUT2D eigenvalue weighted by Crippen LogP contribution is -2.47. The third-order valence-corrected chi connectivity index (χ3v) is 4.28. The van der Waals surface area contributed by atoms with Crippen molar-refractivity contribution in [2.75, 3.05) is 39.8 Å². The fraction of sp³-hybridized carbons (Fsp3) is 0.650. The van der Waals surface area contributed by atoms with Gasteiger partial charge in [-0.15, -0.1) is 0 Å². The van der Waals surface area contributed by atoms with E-state index in [4.69, 9.17) is 4.99 Å². The van der Waals surface area contributed by atoms with Gasteiger partial charge in [0.05, 0.1) is 6.54 Å². The molecule has 25 heavy (non-hydrogen) atoms. The van der Waals surface area contributed by atoms with Gasteiger partial charge in [-0.25, -0.2) is 4.99 Å². The molecule has 0 amide bonds. The highest BCUT2D eigenvalue weighted by atomic mass is 15.2. The second-order valence-electron chi connectivity index (χ2n) is 7.97. The first-order valence-electron chi connectivity index (χ1n) is 9.41. The van der Waals surface area contributed by atoms with Crippen LogP contribution < -0.4 is 10.6 Å². The standard InChI is InChI=1S/C20H35N5/c1-6-21-19(23-20(2,3)4)22-15-17-7-9-18(10-8-17)16-25-13-11-24(5)12-14-25/h7-10H,6,11-16H2,1-5H3,(H2,21,22,23). The van der Waals surface area contributed by atoms with Crippen molar-refractivity contribution in [2.24, 2.45) is 4.99 Å². The Morgan fingerprint density at radius 2 is 1.64 bits per heavy atom. The lowest BCUT2D eigenvalue weighted by atomic mass is 10.1. The van der Waals surface area contributed by atoms with E-state index in [9.17, 15) is 0 Å². The van der Waals surface area contributed by atoms with Crippen LogP contribution in [0.1, 0.15) is 38.8 Å². The third-order valence-electron chi connectivity index (χ3n) is 4.28. The van der Waals surface area contributed by atoms with E-state index in [0.29, 0.717) is 6.54 Å². The maximum absolute atomic E-state index is 4.70. The van der Waals surface area contributed by atoms with Gasteiger partial charge in [-0.1, -0.05) is 24.3 Å². The zero-order valence-corrected chi connectivity index (χ0v) is 16.6. The predicted octanol–water partition coefficient (Wildman–Crippen LogP) is 2.29. The van der Waals surface area contributed by atoms with E-state index in [0.717, 1.165) is 32.1 Å². The minimum Gasteiger partial charge on any atom is -0.357 e. The van der Waals surface area contributed by atoms with Crippen LogP contribution in [0.5, 0.6) is 0 Å². The van der Waals surface area contributed by atoms with Gasteiger partial charge in [0.15, 0.2) is 5.96 Å². The molecule has 0 radical (unpaired) electrons. The molecule has 1 aromatic rings. The predicted molar refractivity (Wildman–Crippen MR) is 107 cm³/mol. The Labute approximate surface area is 153 Å². The molecular formula is C20H35N5. The van der Waals surface area contributed by atoms with Crippen LogP contribution in [0.2, 0.25) is 0 Å². The van der Waals surface area contributed by atoms with E-state index in [1.807, 2.05) is 0 Å². The number of hydrogen-bond acceptors (Lipinski definition) is 3. The van der Waals surface area contributed by atoms with Crippen molar-refractivity contribution in [2.45, 2.75) is 46.3 Å². The number of nitrogens with one attached hydrogen (secondary N) is 2. The zero-order chi connectivity index (χ0) is 18.3. The summed E-state index contributed by atoms with van der Waals surface area (Å²) in [5.74, 6) is 0.872. The van der Waals surface area contributed by atoms with Crippen LogP contribution in [0.15, 0.2) is 29.3 Å². The fourth-order valence-corrected chi connectivity index (χ4v) is 2.85. The summed E-state index contributed by atoms with van der Waals surface area (Å²) in [6, 6.07) is 8.89. The number of aliphatic imine (C=N–C) groups is 1. The third kappa shape index (κ3) is 7.45. The smallest absolute Gasteiger partial charge is 0.191 e. The van der Waals surface area contributed by atoms with E-state index >= 15 is 0 Å². The Hall–Kier alpha value is -1.59. The summed E-state index contributed by atoms with van der Waals surface area (Å²) in [6.07, 6.45) is 0. The van der Waals surface area contributed by atoms with Gasteiger partial charge in [-0.2, -0.15) is 0 Å². The summed E-state index contributed by atoms with van der Waals surface area (Å²) in [4.78, 5) is 9.63. The molecule has 1 aromatic carbocycles. The summed E-state index contributed by atoms with van der Waals surface area (Å²) in [6.45, 7) is 15.8. The van der Waals surface area contributed by atoms with Gasteiger partial charge in [-0.05, 0) is 45.9 Å². The van der Waals surface area contributed by atoms with Gasteiger partial charge in [-0.3, -0.25) is 4.90 Å². The maximum atomic E-state index is 4.70. The number of piperazine rings is 1. The minimum atomic E-state index is 0.00731. The molecule has 5 heteroatoms. The van der Waals surface area contributed by atoms with Gasteiger partial charge in [0.25, 0.3) is 0 Å². The Bertz CT molecular complexity index is 536. The first-order chi connectivity index (χ1) is 11.9. The summed E-state index contributed by atoms with van der Waals surface area (Å²) in [5, 5.41) is 6.73. The molecule has 1 heterocycles. The molecule has 0 aliphatic carbocycles. The van der Waals surface area contributed by atoms with Gasteiger partial charge < -0.3 is 15.5 Å². The topological polar surface area (TPSA) is 42.9 Å². The summed E-state index contributed by atoms with van der Waals surface area (Å²) < 4.78 is 0. The molecule has 0 unspecified atom stereocenters. The lowest BCUT2D eigenvalue weighted by Gasteiger charge is -2.32. The molecule has 0 saturated carbocycles. The Kier molecular flexibility index (Phi) is 7.26. The number of rotatable bonds is 5. The van der Waals surface area contributed by atoms with Crippen LogP contribution in [0.4, 0.5) is 0 Å². The van der Waals surface area contributed by atoms with Crippen LogP contribution in [0.25, 0.3) is 0 Å². The molecule has 1 aliphatic rings. The molecule has 2 rings (SSSR count). The molecule has 0 bridgehead atoms. The second-order valence-corrected chi connectivity index (χ2v) is 7.97. The van der Waals surface area contributed by atoms with Crippen LogP contribution in [-0.4, -0.2) is 61.1 Å². The summed E-state index contributed by atoms with van der Waals surface area (Å²) in [5.41, 5.74) is 2.64. The van der Waals surface area contributed by atoms with Crippen LogP contribution >= 0.6 is 0 Å². The molecular weight excluding hydrogens is 310 g/mol. The van der Waals surface area contributed by atoms with E-state index in [2.05, 4.69) is 79.4 Å². The summed E-state index contributed by atoms with van der Waals surface area (Å²) in [7, 11) is 2.20. The number of nitrogens with zero attached hydrogens (tertiary/aromatic N) is 3. The molecule has 0 atom stereocenters. The highest BCUT2D eigenvalue weighted by Crippen LogP contribution is 2.10. The van der Waals surface area contributed by atoms with Gasteiger partial charge >= 0.3 is 0 Å². The van der Waals surface area contributed by atoms with Crippen molar-refractivity contribution in [1.82, 2.24) is 20.4 Å². The van der Waals surface area contributed by atoms with Gasteiger partial charge in [0.1, 0.15) is 0 Å². The minimum absolute atomic E-state index is 0.00731. The molecule has 2 N–H and O–H groups in total. The second kappa shape index (κ2) is 9.20. The first kappa shape index (κ1) is 19.7. The highest BCUT2D eigenvalue weighted by molar-refractivity contribution is 5.80. The van der Waals surface area contributed by atoms with Crippen LogP contribution in [-0.2, 0) is 13.1 Å². The zero-order valence-electron chi connectivity index (χ0n) is 16.6. The SMILES string of the molecule is CCNC(=NCc1ccc(CN2CCN(C)CC2)cc1)NC(C)(C)C. The molecule has 0 aromatic heterocycles. The lowest BCUT2D eigenvalue weighted by molar-refractivity contribution is 0.148. The Morgan fingerprint density at radius 1 is 1.04 bits per heavy atom. The van der Waals surface area contributed by atoms with E-state index < -0.39 is 0 Å². The van der Waals surface area contributed by atoms with Crippen molar-refractivity contribution in [3.63, 3.8) is 0 Å². The van der Waals surface area contributed by atoms with Crippen molar-refractivity contribution < 1.29 is 0 Å². The van der Waals surface area contributed by atoms with Crippen molar-refractivity contribution in [3.8, 4) is 0 Å². The number of benzene rings is 1. The van der Waals surface area contributed by atoms with Crippen LogP contribution in [0.3, 0.4) is 0 Å². The van der Waals surface area contributed by atoms with E-state index in [-0.39, 0.29) is 5.54 Å². The average Bonchev–Trinajstić information content (AvgIpc) is 2.55. The molecule has 5 nitrogen and oxygen atoms in total. The van der Waals surface area contributed by atoms with Crippen LogP contribution in [0, 0.1) is 0 Å². The largest absolute Gasteiger partial charge is 0.357 e. The molecule has 1 fully saturated rings. The Balaban J connectivity index is 1.89. The number of guanidine groups is 1. The quantitative estimate of drug-likeness (QED) is 0.635. The monoisotopic (exact) mass is 345 g/mol. The molecule has 140 valence electrons. The number of hydrogen-bond donors (Lipinski definition) is 2. The van der Waals surface area contributed by atoms with Crippen molar-refractivity contribution in [3.05, 3.63) is 35.4 Å². The summed E-state index contributed by atoms with van der Waals surface area (Å²) >= 11 is 0. The van der Waals surface area contributed by atoms with Gasteiger partial charge in [0.2, 0.25) is 0 Å². The maximum Gasteiger partial charge on any atom is 0.191 e. The average molecular weight is 346 g/mol. The molecule has 0 spiro atoms. The molecule has 1 saturated heterocycles. The Morgan fingerprint density at radius 3 is 2.20 bits per heavy atom. The highest BCUT2D eigenvalue weighted by Gasteiger charge is 2.14. The van der Waals surface area contributed by atoms with Crippen molar-refractivity contribution >= 4 is 5.96 Å². The van der Waals surface area contributed by atoms with E-state index in [1.165, 1.54) is 24.2 Å². The molecule has 1 aliphatic heterocycles. The fourth-order valence-electron chi connectivity index (χ4n) is 2.85.